The Morgan fingerprint density at radius 3 is 2.49 bits per heavy atom. The number of nitrogens with two attached hydrogens (primary N) is 1. The zero-order valence-corrected chi connectivity index (χ0v) is 33.0. The van der Waals surface area contributed by atoms with Gasteiger partial charge in [0.2, 0.25) is 0 Å². The number of rotatable bonds is 8. The van der Waals surface area contributed by atoms with Crippen molar-refractivity contribution in [1.29, 1.82) is 0 Å². The van der Waals surface area contributed by atoms with Crippen molar-refractivity contribution in [2.24, 2.45) is 62.4 Å². The second-order valence-corrected chi connectivity index (χ2v) is 19.4. The number of allylic oxidation sites excluding steroid dienone is 1. The number of carboxylic acid groups (broad SMARTS) is 1. The highest BCUT2D eigenvalue weighted by Gasteiger charge is 2.72. The largest absolute Gasteiger partial charge is 0.481 e. The van der Waals surface area contributed by atoms with Gasteiger partial charge >= 0.3 is 5.97 Å². The Balaban J connectivity index is 1.23. The molecule has 11 atom stereocenters. The minimum atomic E-state index is -0.631. The Hall–Kier alpha value is -2.73. The van der Waals surface area contributed by atoms with Crippen molar-refractivity contribution in [3.8, 4) is 11.5 Å². The van der Waals surface area contributed by atoms with E-state index in [4.69, 9.17) is 30.0 Å². The third kappa shape index (κ3) is 5.36. The molecule has 3 saturated carbocycles. The number of ether oxygens (including phenoxy) is 3. The predicted molar refractivity (Wildman–Crippen MR) is 200 cm³/mol. The lowest BCUT2D eigenvalue weighted by Crippen LogP contribution is -2.69. The minimum absolute atomic E-state index is 0.148. The molecule has 8 rings (SSSR count). The van der Waals surface area contributed by atoms with Crippen molar-refractivity contribution in [2.75, 3.05) is 33.0 Å². The Bertz CT molecular complexity index is 1730. The Morgan fingerprint density at radius 2 is 1.79 bits per heavy atom. The third-order valence-electron chi connectivity index (χ3n) is 16.8. The fraction of sp³-hybridized carbons (Fsp3) is 0.786. The fourth-order valence-electron chi connectivity index (χ4n) is 13.4. The van der Waals surface area contributed by atoms with Crippen LogP contribution < -0.4 is 5.73 Å². The fourth-order valence-corrected chi connectivity index (χ4v) is 13.4. The van der Waals surface area contributed by atoms with Crippen LogP contribution in [-0.4, -0.2) is 80.5 Å². The molecule has 2 aromatic rings. The topological polar surface area (TPSA) is 148 Å². The zero-order valence-electron chi connectivity index (χ0n) is 33.0. The average molecular weight is 731 g/mol. The predicted octanol–water partition coefficient (Wildman–Crippen LogP) is 6.76. The van der Waals surface area contributed by atoms with Crippen LogP contribution in [0.3, 0.4) is 0 Å². The maximum Gasteiger partial charge on any atom is 0.307 e. The standard InChI is InChI=1S/C42H62N6O5/c1-26(2)27(3)37(4)13-14-39(6)28-8-9-32-38(5)21-52-23-42(32,29(28)10-12-40(39,7)33(37)36(49)50)20-31(34(38)53-22-41(43)15-18-51-19-16-41)48-35(46-25-47-48)30-11-17-44-24-45-30/h10-11,17,24-28,31-34H,8-9,12-16,18-23,43H2,1-7H3,(H,49,50)/t27-,28+,31-,32+,33-,34+,37-,38-,39-,40+,42+/m1/s1. The third-order valence-corrected chi connectivity index (χ3v) is 16.8. The lowest BCUT2D eigenvalue weighted by molar-refractivity contribution is -0.253. The molecule has 2 bridgehead atoms. The van der Waals surface area contributed by atoms with Gasteiger partial charge in [-0.2, -0.15) is 5.10 Å². The first-order chi connectivity index (χ1) is 25.1. The quantitative estimate of drug-likeness (QED) is 0.279. The van der Waals surface area contributed by atoms with Crippen molar-refractivity contribution < 1.29 is 24.1 Å². The van der Waals surface area contributed by atoms with E-state index in [0.717, 1.165) is 57.1 Å². The molecule has 11 nitrogen and oxygen atoms in total. The summed E-state index contributed by atoms with van der Waals surface area (Å²) < 4.78 is 21.7. The molecule has 0 unspecified atom stereocenters. The number of carbonyl (C=O) groups is 1. The molecule has 11 heteroatoms. The Kier molecular flexibility index (Phi) is 9.07. The van der Waals surface area contributed by atoms with Crippen molar-refractivity contribution in [3.63, 3.8) is 0 Å². The minimum Gasteiger partial charge on any atom is -0.481 e. The van der Waals surface area contributed by atoms with Crippen molar-refractivity contribution in [1.82, 2.24) is 24.7 Å². The molecule has 6 aliphatic rings. The van der Waals surface area contributed by atoms with Gasteiger partial charge in [-0.05, 0) is 97.3 Å². The van der Waals surface area contributed by atoms with Crippen LogP contribution in [0.1, 0.15) is 106 Å². The van der Waals surface area contributed by atoms with Crippen LogP contribution in [0.2, 0.25) is 0 Å². The van der Waals surface area contributed by atoms with Crippen molar-refractivity contribution in [2.45, 2.75) is 118 Å². The van der Waals surface area contributed by atoms with Crippen LogP contribution in [0.5, 0.6) is 0 Å². The van der Waals surface area contributed by atoms with Gasteiger partial charge in [0, 0.05) is 35.8 Å². The lowest BCUT2D eigenvalue weighted by Gasteiger charge is -2.71. The van der Waals surface area contributed by atoms with Gasteiger partial charge in [0.25, 0.3) is 0 Å². The highest BCUT2D eigenvalue weighted by Crippen LogP contribution is 2.75. The summed E-state index contributed by atoms with van der Waals surface area (Å²) in [5, 5.41) is 16.1. The van der Waals surface area contributed by atoms with E-state index in [2.05, 4.69) is 69.2 Å². The van der Waals surface area contributed by atoms with Gasteiger partial charge in [0.1, 0.15) is 18.3 Å². The van der Waals surface area contributed by atoms with Gasteiger partial charge in [-0.25, -0.2) is 19.6 Å². The van der Waals surface area contributed by atoms with E-state index >= 15 is 0 Å². The number of aliphatic carboxylic acids is 1. The molecule has 2 aliphatic heterocycles. The number of aromatic nitrogens is 5. The van der Waals surface area contributed by atoms with Gasteiger partial charge in [-0.15, -0.1) is 0 Å². The maximum absolute atomic E-state index is 13.6. The first kappa shape index (κ1) is 37.2. The van der Waals surface area contributed by atoms with Crippen LogP contribution in [0, 0.1) is 56.7 Å². The average Bonchev–Trinajstić information content (AvgIpc) is 3.61. The smallest absolute Gasteiger partial charge is 0.307 e. The van der Waals surface area contributed by atoms with Gasteiger partial charge in [-0.1, -0.05) is 60.1 Å². The van der Waals surface area contributed by atoms with Crippen LogP contribution in [0.15, 0.2) is 36.6 Å². The molecule has 2 saturated heterocycles. The van der Waals surface area contributed by atoms with Crippen molar-refractivity contribution >= 4 is 5.97 Å². The number of carboxylic acids is 1. The Morgan fingerprint density at radius 1 is 1.02 bits per heavy atom. The van der Waals surface area contributed by atoms with Crippen LogP contribution in [0.25, 0.3) is 11.5 Å². The van der Waals surface area contributed by atoms with Gasteiger partial charge in [-0.3, -0.25) is 4.79 Å². The van der Waals surface area contributed by atoms with Crippen LogP contribution in [0.4, 0.5) is 0 Å². The van der Waals surface area contributed by atoms with Gasteiger partial charge < -0.3 is 25.1 Å². The second-order valence-electron chi connectivity index (χ2n) is 19.4. The van der Waals surface area contributed by atoms with Crippen LogP contribution in [-0.2, 0) is 19.0 Å². The molecule has 290 valence electrons. The molecule has 5 fully saturated rings. The molecule has 0 amide bonds. The molecular formula is C42H62N6O5. The van der Waals surface area contributed by atoms with E-state index in [1.54, 1.807) is 18.9 Å². The summed E-state index contributed by atoms with van der Waals surface area (Å²) in [7, 11) is 0. The first-order valence-electron chi connectivity index (χ1n) is 20.3. The molecule has 0 aromatic carbocycles. The Labute approximate surface area is 315 Å². The lowest BCUT2D eigenvalue weighted by atomic mass is 9.34. The highest BCUT2D eigenvalue weighted by molar-refractivity contribution is 5.73. The normalized spacial score (nSPS) is 42.5. The summed E-state index contributed by atoms with van der Waals surface area (Å²) in [5.41, 5.74) is 7.36. The molecule has 4 heterocycles. The summed E-state index contributed by atoms with van der Waals surface area (Å²) in [6.07, 6.45) is 14.4. The number of nitrogens with zero attached hydrogens (tertiary/aromatic N) is 5. The van der Waals surface area contributed by atoms with E-state index in [0.29, 0.717) is 56.6 Å². The van der Waals surface area contributed by atoms with Crippen LogP contribution >= 0.6 is 0 Å². The molecule has 53 heavy (non-hydrogen) atoms. The monoisotopic (exact) mass is 730 g/mol. The summed E-state index contributed by atoms with van der Waals surface area (Å²) in [5.74, 6) is 0.964. The molecule has 2 aromatic heterocycles. The highest BCUT2D eigenvalue weighted by atomic mass is 16.5. The van der Waals surface area contributed by atoms with E-state index in [9.17, 15) is 9.90 Å². The van der Waals surface area contributed by atoms with E-state index in [1.807, 2.05) is 6.07 Å². The number of hydrogen-bond donors (Lipinski definition) is 2. The summed E-state index contributed by atoms with van der Waals surface area (Å²) >= 11 is 0. The molecule has 4 aliphatic carbocycles. The zero-order chi connectivity index (χ0) is 37.6. The molecular weight excluding hydrogens is 668 g/mol. The molecule has 3 N–H and O–H groups in total. The summed E-state index contributed by atoms with van der Waals surface area (Å²) in [6.45, 7) is 19.2. The first-order valence-corrected chi connectivity index (χ1v) is 20.3. The van der Waals surface area contributed by atoms with Gasteiger partial charge in [0.15, 0.2) is 5.82 Å². The maximum atomic E-state index is 13.6. The SMILES string of the molecule is CC(C)[C@@H](C)[C@@]1(C)CC[C@]2(C)[C@H]3CC[C@@H]4[C@@]5(COC[C@@]4(C)[C@@H](OCC4(N)CCOCC4)[C@H](n4ncnc4-c4ccncn4)C5)C3=CC[C@@]2(C)[C@@H]1C(=O)O. The van der Waals surface area contributed by atoms with E-state index in [1.165, 1.54) is 5.57 Å². The van der Waals surface area contributed by atoms with Gasteiger partial charge in [0.05, 0.1) is 37.9 Å². The number of fused-ring (bicyclic) bond motifs is 3. The van der Waals surface area contributed by atoms with E-state index < -0.39 is 17.4 Å². The summed E-state index contributed by atoms with van der Waals surface area (Å²) in [4.78, 5) is 27.1. The summed E-state index contributed by atoms with van der Waals surface area (Å²) in [6, 6.07) is 1.74. The van der Waals surface area contributed by atoms with E-state index in [-0.39, 0.29) is 45.1 Å². The molecule has 0 radical (unpaired) electrons. The van der Waals surface area contributed by atoms with Crippen molar-refractivity contribution in [3.05, 3.63) is 36.6 Å². The number of hydrogen-bond acceptors (Lipinski definition) is 9. The molecule has 0 spiro atoms. The second kappa shape index (κ2) is 12.9.